The predicted octanol–water partition coefficient (Wildman–Crippen LogP) is 3.57. The Kier molecular flexibility index (Phi) is 6.23. The summed E-state index contributed by atoms with van der Waals surface area (Å²) in [5, 5.41) is 0.956. The van der Waals surface area contributed by atoms with Gasteiger partial charge in [0.1, 0.15) is 0 Å². The summed E-state index contributed by atoms with van der Waals surface area (Å²) in [6.45, 7) is 1.92. The van der Waals surface area contributed by atoms with Gasteiger partial charge in [0.05, 0.1) is 24.7 Å². The molecule has 0 N–H and O–H groups in total. The number of ether oxygens (including phenoxy) is 2. The van der Waals surface area contributed by atoms with E-state index in [0.717, 1.165) is 0 Å². The summed E-state index contributed by atoms with van der Waals surface area (Å²) in [5.41, 5.74) is 0.683. The van der Waals surface area contributed by atoms with Crippen molar-refractivity contribution in [3.8, 4) is 0 Å². The quantitative estimate of drug-likeness (QED) is 0.765. The minimum absolute atomic E-state index is 0.124. The highest BCUT2D eigenvalue weighted by atomic mass is 35.5. The van der Waals surface area contributed by atoms with Crippen LogP contribution >= 0.6 is 35.0 Å². The molecule has 2 rings (SSSR count). The van der Waals surface area contributed by atoms with E-state index in [0.29, 0.717) is 27.2 Å². The molecule has 1 saturated heterocycles. The van der Waals surface area contributed by atoms with Crippen molar-refractivity contribution >= 4 is 47.0 Å². The number of hydrogen-bond acceptors (Lipinski definition) is 5. The second kappa shape index (κ2) is 7.94. The smallest absolute Gasteiger partial charge is 0.435 e. The van der Waals surface area contributed by atoms with Crippen LogP contribution in [-0.2, 0) is 20.7 Å². The van der Waals surface area contributed by atoms with E-state index >= 15 is 0 Å². The highest BCUT2D eigenvalue weighted by Crippen LogP contribution is 2.26. The lowest BCUT2D eigenvalue weighted by Gasteiger charge is -2.23. The lowest BCUT2D eigenvalue weighted by molar-refractivity contribution is -0.137. The molecule has 1 fully saturated rings. The second-order valence-corrected chi connectivity index (χ2v) is 6.37. The van der Waals surface area contributed by atoms with E-state index < -0.39 is 12.4 Å². The van der Waals surface area contributed by atoms with E-state index in [1.54, 1.807) is 25.1 Å². The molecule has 0 radical (unpaired) electrons. The van der Waals surface area contributed by atoms with Crippen molar-refractivity contribution in [3.05, 3.63) is 33.8 Å². The fourth-order valence-corrected chi connectivity index (χ4v) is 3.48. The maximum absolute atomic E-state index is 12.4. The fraction of sp³-hybridized carbons (Fsp3) is 0.429. The Balaban J connectivity index is 2.00. The largest absolute Gasteiger partial charge is 0.510 e. The van der Waals surface area contributed by atoms with E-state index in [4.69, 9.17) is 32.7 Å². The molecule has 5 nitrogen and oxygen atoms in total. The molecule has 0 aliphatic carbocycles. The van der Waals surface area contributed by atoms with Gasteiger partial charge in [-0.05, 0) is 24.6 Å². The molecule has 1 unspecified atom stereocenters. The molecule has 0 aromatic heterocycles. The Bertz CT molecular complexity index is 570. The maximum atomic E-state index is 12.4. The molecule has 1 amide bonds. The number of halogens is 2. The maximum Gasteiger partial charge on any atom is 0.510 e. The Labute approximate surface area is 142 Å². The number of carbonyl (C=O) groups is 2. The lowest BCUT2D eigenvalue weighted by atomic mass is 10.1. The summed E-state index contributed by atoms with van der Waals surface area (Å²) < 4.78 is 9.88. The number of hydrogen-bond donors (Lipinski definition) is 0. The van der Waals surface area contributed by atoms with Crippen molar-refractivity contribution < 1.29 is 19.1 Å². The monoisotopic (exact) mass is 363 g/mol. The number of benzene rings is 1. The summed E-state index contributed by atoms with van der Waals surface area (Å²) in [7, 11) is 0. The van der Waals surface area contributed by atoms with E-state index in [9.17, 15) is 9.59 Å². The fourth-order valence-electron chi connectivity index (χ4n) is 1.95. The van der Waals surface area contributed by atoms with E-state index in [2.05, 4.69) is 0 Å². The molecular formula is C14H15Cl2NO4S. The summed E-state index contributed by atoms with van der Waals surface area (Å²) in [6, 6.07) is 4.99. The van der Waals surface area contributed by atoms with Crippen LogP contribution in [0.25, 0.3) is 0 Å². The first-order chi connectivity index (χ1) is 10.5. The van der Waals surface area contributed by atoms with Crippen LogP contribution in [0.2, 0.25) is 10.0 Å². The molecule has 0 bridgehead atoms. The minimum Gasteiger partial charge on any atom is -0.435 e. The highest BCUT2D eigenvalue weighted by Gasteiger charge is 2.32. The Hall–Kier alpha value is -1.11. The van der Waals surface area contributed by atoms with Crippen LogP contribution in [0.1, 0.15) is 12.5 Å². The number of rotatable bonds is 4. The zero-order valence-corrected chi connectivity index (χ0v) is 14.2. The molecule has 1 aromatic rings. The Morgan fingerprint density at radius 1 is 1.41 bits per heavy atom. The number of carbonyl (C=O) groups excluding carboxylic acids is 2. The lowest BCUT2D eigenvalue weighted by Crippen LogP contribution is -2.40. The molecule has 1 aliphatic heterocycles. The Morgan fingerprint density at radius 3 is 2.86 bits per heavy atom. The number of nitrogens with zero attached hydrogens (tertiary/aromatic N) is 1. The average Bonchev–Trinajstić information content (AvgIpc) is 2.90. The topological polar surface area (TPSA) is 55.8 Å². The molecule has 8 heteroatoms. The summed E-state index contributed by atoms with van der Waals surface area (Å²) in [4.78, 5) is 25.3. The van der Waals surface area contributed by atoms with E-state index in [1.165, 1.54) is 16.7 Å². The van der Waals surface area contributed by atoms with Gasteiger partial charge in [-0.3, -0.25) is 9.69 Å². The first-order valence-electron chi connectivity index (χ1n) is 6.65. The van der Waals surface area contributed by atoms with Crippen LogP contribution < -0.4 is 0 Å². The summed E-state index contributed by atoms with van der Waals surface area (Å²) in [6.07, 6.45) is -1.25. The van der Waals surface area contributed by atoms with Gasteiger partial charge in [-0.25, -0.2) is 4.79 Å². The first-order valence-corrected chi connectivity index (χ1v) is 8.57. The SMILES string of the molecule is CCOC(=O)OC1CSCN1C(=O)Cc1ccc(Cl)cc1Cl. The van der Waals surface area contributed by atoms with Crippen molar-refractivity contribution in [2.24, 2.45) is 0 Å². The van der Waals surface area contributed by atoms with Gasteiger partial charge in [-0.15, -0.1) is 11.8 Å². The number of amides is 1. The number of thioether (sulfide) groups is 1. The second-order valence-electron chi connectivity index (χ2n) is 4.53. The van der Waals surface area contributed by atoms with Crippen LogP contribution in [-0.4, -0.2) is 41.4 Å². The molecular weight excluding hydrogens is 349 g/mol. The van der Waals surface area contributed by atoms with Gasteiger partial charge in [-0.2, -0.15) is 0 Å². The van der Waals surface area contributed by atoms with Crippen molar-refractivity contribution in [3.63, 3.8) is 0 Å². The van der Waals surface area contributed by atoms with Gasteiger partial charge in [0.15, 0.2) is 6.23 Å². The molecule has 1 heterocycles. The molecule has 22 heavy (non-hydrogen) atoms. The summed E-state index contributed by atoms with van der Waals surface area (Å²) in [5.74, 6) is 0.830. The third kappa shape index (κ3) is 4.44. The van der Waals surface area contributed by atoms with Gasteiger partial charge in [0.2, 0.25) is 5.91 Å². The van der Waals surface area contributed by atoms with Crippen molar-refractivity contribution in [1.82, 2.24) is 4.90 Å². The molecule has 0 saturated carbocycles. The predicted molar refractivity (Wildman–Crippen MR) is 86.2 cm³/mol. The normalized spacial score (nSPS) is 17.4. The van der Waals surface area contributed by atoms with Gasteiger partial charge in [-0.1, -0.05) is 29.3 Å². The van der Waals surface area contributed by atoms with Gasteiger partial charge < -0.3 is 9.47 Å². The first kappa shape index (κ1) is 17.2. The third-order valence-electron chi connectivity index (χ3n) is 3.01. The molecule has 1 aromatic carbocycles. The van der Waals surface area contributed by atoms with Gasteiger partial charge in [0.25, 0.3) is 0 Å². The third-order valence-corrected chi connectivity index (χ3v) is 4.58. The Morgan fingerprint density at radius 2 is 2.18 bits per heavy atom. The minimum atomic E-state index is -0.766. The molecule has 120 valence electrons. The average molecular weight is 364 g/mol. The van der Waals surface area contributed by atoms with Crippen LogP contribution in [0.5, 0.6) is 0 Å². The van der Waals surface area contributed by atoms with Crippen LogP contribution in [0.3, 0.4) is 0 Å². The summed E-state index contributed by atoms with van der Waals surface area (Å²) >= 11 is 13.4. The van der Waals surface area contributed by atoms with E-state index in [-0.39, 0.29) is 18.9 Å². The van der Waals surface area contributed by atoms with Crippen LogP contribution in [0.15, 0.2) is 18.2 Å². The van der Waals surface area contributed by atoms with Gasteiger partial charge >= 0.3 is 6.16 Å². The van der Waals surface area contributed by atoms with E-state index in [1.807, 2.05) is 0 Å². The standard InChI is InChI=1S/C14H15Cl2NO4S/c1-2-20-14(19)21-13-7-22-8-17(13)12(18)5-9-3-4-10(15)6-11(9)16/h3-4,6,13H,2,5,7-8H2,1H3. The van der Waals surface area contributed by atoms with Gasteiger partial charge in [0, 0.05) is 10.0 Å². The van der Waals surface area contributed by atoms with Crippen LogP contribution in [0.4, 0.5) is 4.79 Å². The van der Waals surface area contributed by atoms with Crippen molar-refractivity contribution in [1.29, 1.82) is 0 Å². The zero-order chi connectivity index (χ0) is 16.1. The molecule has 1 atom stereocenters. The highest BCUT2D eigenvalue weighted by molar-refractivity contribution is 7.99. The molecule has 0 spiro atoms. The van der Waals surface area contributed by atoms with Crippen molar-refractivity contribution in [2.75, 3.05) is 18.2 Å². The van der Waals surface area contributed by atoms with Crippen LogP contribution in [0, 0.1) is 0 Å². The zero-order valence-electron chi connectivity index (χ0n) is 11.9. The van der Waals surface area contributed by atoms with Crippen molar-refractivity contribution in [2.45, 2.75) is 19.6 Å². The molecule has 1 aliphatic rings.